The van der Waals surface area contributed by atoms with E-state index in [9.17, 15) is 87.5 Å². The molecule has 0 aliphatic heterocycles. The van der Waals surface area contributed by atoms with Crippen molar-refractivity contribution in [1.82, 2.24) is 53.2 Å². The number of rotatable bonds is 43. The third kappa shape index (κ3) is 30.2. The summed E-state index contributed by atoms with van der Waals surface area (Å²) in [7, 11) is 0. The van der Waals surface area contributed by atoms with Crippen LogP contribution in [-0.4, -0.2) is 189 Å². The minimum absolute atomic E-state index is 0.0249. The number of aliphatic carboxylic acids is 1. The highest BCUT2D eigenvalue weighted by Gasteiger charge is 2.37. The fourth-order valence-corrected chi connectivity index (χ4v) is 9.60. The van der Waals surface area contributed by atoms with Crippen LogP contribution in [0.3, 0.4) is 0 Å². The Morgan fingerprint density at radius 1 is 0.404 bits per heavy atom. The normalized spacial score (nSPS) is 14.0. The van der Waals surface area contributed by atoms with Crippen molar-refractivity contribution < 1.29 is 87.5 Å². The monoisotopic (exact) mass is 1390 g/mol. The third-order valence-corrected chi connectivity index (χ3v) is 14.9. The Bertz CT molecular complexity index is 3330. The van der Waals surface area contributed by atoms with Crippen molar-refractivity contribution in [2.75, 3.05) is 19.6 Å². The van der Waals surface area contributed by atoms with Crippen molar-refractivity contribution in [3.8, 4) is 17.2 Å². The SMILES string of the molecule is CC(C)[C@H](NC(=O)[C@@H](NC(=O)[C@H](Cc1ccc(O)cc1)NC(=O)[C@H](CC(N)=O)NC(=O)CNC(=O)[C@H](Cc1ccc(O)cc1)NC(=O)[C@H](Cc1ccc(O)cc1)NC(=O)[C@H](CC(N)=O)NC(=O)[C@H](CCCN=C(N)N)NC(=O)[C@H](CC(N)=O)NC(=O)[C@@H](N)CCCCN)C(C)C)C(=O)O. The van der Waals surface area contributed by atoms with Crippen LogP contribution in [0.2, 0.25) is 0 Å². The van der Waals surface area contributed by atoms with E-state index in [1.807, 2.05) is 0 Å². The molecule has 0 saturated carbocycles. The summed E-state index contributed by atoms with van der Waals surface area (Å²) in [6.07, 6.45) is -2.91. The number of nitrogens with one attached hydrogen (secondary N) is 10. The van der Waals surface area contributed by atoms with Crippen molar-refractivity contribution in [3.05, 3.63) is 89.5 Å². The first-order valence-corrected chi connectivity index (χ1v) is 31.5. The highest BCUT2D eigenvalue weighted by atomic mass is 16.4. The molecule has 0 bridgehead atoms. The maximum absolute atomic E-state index is 14.7. The number of carbonyl (C=O) groups excluding carboxylic acids is 13. The zero-order valence-corrected chi connectivity index (χ0v) is 55.2. The second-order valence-corrected chi connectivity index (χ2v) is 24.0. The Balaban J connectivity index is 1.99. The maximum Gasteiger partial charge on any atom is 0.326 e. The summed E-state index contributed by atoms with van der Waals surface area (Å²) in [4.78, 5) is 193. The first-order chi connectivity index (χ1) is 46.6. The highest BCUT2D eigenvalue weighted by Crippen LogP contribution is 2.17. The van der Waals surface area contributed by atoms with Crippen molar-refractivity contribution in [2.45, 2.75) is 159 Å². The summed E-state index contributed by atoms with van der Waals surface area (Å²) in [6, 6.07) is -0.0511. The van der Waals surface area contributed by atoms with Gasteiger partial charge in [-0.25, -0.2) is 4.79 Å². The third-order valence-electron chi connectivity index (χ3n) is 14.9. The number of carbonyl (C=O) groups is 14. The van der Waals surface area contributed by atoms with Crippen molar-refractivity contribution in [2.24, 2.45) is 57.0 Å². The minimum Gasteiger partial charge on any atom is -0.508 e. The second kappa shape index (κ2) is 41.0. The van der Waals surface area contributed by atoms with Crippen LogP contribution in [0, 0.1) is 11.8 Å². The predicted molar refractivity (Wildman–Crippen MR) is 355 cm³/mol. The van der Waals surface area contributed by atoms with Gasteiger partial charge in [-0.1, -0.05) is 70.5 Å². The van der Waals surface area contributed by atoms with E-state index < -0.39 is 194 Å². The number of hydrogen-bond donors (Lipinski definition) is 21. The lowest BCUT2D eigenvalue weighted by Gasteiger charge is -2.28. The second-order valence-electron chi connectivity index (χ2n) is 24.0. The average molecular weight is 1390 g/mol. The molecule has 3 aromatic rings. The number of phenols is 3. The molecule has 3 rings (SSSR count). The van der Waals surface area contributed by atoms with E-state index in [0.717, 1.165) is 0 Å². The summed E-state index contributed by atoms with van der Waals surface area (Å²) in [5.74, 6) is -17.5. The Labute approximate surface area is 569 Å². The van der Waals surface area contributed by atoms with E-state index in [1.54, 1.807) is 27.7 Å². The number of hydrogen-bond acceptors (Lipinski definition) is 20. The van der Waals surface area contributed by atoms with Crippen molar-refractivity contribution in [3.63, 3.8) is 0 Å². The first-order valence-electron chi connectivity index (χ1n) is 31.5. The molecule has 28 N–H and O–H groups in total. The molecule has 0 saturated heterocycles. The van der Waals surface area contributed by atoms with E-state index in [2.05, 4.69) is 58.2 Å². The van der Waals surface area contributed by atoms with Crippen LogP contribution in [0.1, 0.15) is 95.8 Å². The van der Waals surface area contributed by atoms with Gasteiger partial charge in [0.2, 0.25) is 76.8 Å². The molecule has 0 radical (unpaired) electrons. The number of carboxylic acid groups (broad SMARTS) is 1. The van der Waals surface area contributed by atoms with E-state index in [-0.39, 0.29) is 61.0 Å². The van der Waals surface area contributed by atoms with Gasteiger partial charge in [-0.2, -0.15) is 0 Å². The molecule has 0 fully saturated rings. The summed E-state index contributed by atoms with van der Waals surface area (Å²) in [5.41, 5.74) is 39.9. The zero-order valence-electron chi connectivity index (χ0n) is 55.2. The van der Waals surface area contributed by atoms with Crippen molar-refractivity contribution in [1.29, 1.82) is 0 Å². The van der Waals surface area contributed by atoms with Crippen LogP contribution in [-0.2, 0) is 86.4 Å². The van der Waals surface area contributed by atoms with Gasteiger partial charge in [0.15, 0.2) is 5.96 Å². The van der Waals surface area contributed by atoms with Gasteiger partial charge < -0.3 is 114 Å². The van der Waals surface area contributed by atoms with E-state index >= 15 is 0 Å². The quantitative estimate of drug-likeness (QED) is 0.0142. The first kappa shape index (κ1) is 82.1. The van der Waals surface area contributed by atoms with Crippen LogP contribution in [0.25, 0.3) is 0 Å². The smallest absolute Gasteiger partial charge is 0.326 e. The zero-order chi connectivity index (χ0) is 74.2. The van der Waals surface area contributed by atoms with E-state index in [1.165, 1.54) is 72.8 Å². The summed E-state index contributed by atoms with van der Waals surface area (Å²) in [6.45, 7) is 5.47. The Kier molecular flexibility index (Phi) is 34.0. The molecular weight excluding hydrogens is 1300 g/mol. The van der Waals surface area contributed by atoms with Gasteiger partial charge in [0.25, 0.3) is 0 Å². The lowest BCUT2D eigenvalue weighted by Crippen LogP contribution is -2.61. The van der Waals surface area contributed by atoms with E-state index in [0.29, 0.717) is 30.5 Å². The number of primary amides is 3. The molecule has 36 nitrogen and oxygen atoms in total. The molecule has 99 heavy (non-hydrogen) atoms. The Morgan fingerprint density at radius 2 is 0.747 bits per heavy atom. The van der Waals surface area contributed by atoms with Gasteiger partial charge in [0.1, 0.15) is 71.6 Å². The van der Waals surface area contributed by atoms with Crippen LogP contribution < -0.4 is 93.3 Å². The minimum atomic E-state index is -1.94. The number of unbranched alkanes of at least 4 members (excludes halogenated alkanes) is 1. The van der Waals surface area contributed by atoms with Gasteiger partial charge in [-0.3, -0.25) is 67.3 Å². The molecule has 3 aromatic carbocycles. The molecule has 0 aromatic heterocycles. The molecule has 0 aliphatic carbocycles. The lowest BCUT2D eigenvalue weighted by atomic mass is 9.99. The van der Waals surface area contributed by atoms with Gasteiger partial charge >= 0.3 is 5.97 Å². The summed E-state index contributed by atoms with van der Waals surface area (Å²) < 4.78 is 0. The van der Waals surface area contributed by atoms with Crippen LogP contribution in [0.4, 0.5) is 0 Å². The number of aliphatic imine (C=N–C) groups is 1. The number of aromatic hydroxyl groups is 3. The fraction of sp³-hybridized carbons (Fsp3) is 0.476. The molecule has 0 aliphatic rings. The molecule has 0 spiro atoms. The standard InChI is InChI=1S/C63H92N18O18/c1-31(2)51(61(97)81-52(32(3)4)62(98)99)80-60(96)43(26-35-14-20-38(84)21-15-35)78-57(93)44(27-47(66)85)73-50(88)30-72-54(90)41(24-33-10-16-36(82)17-11-33)76-56(92)42(25-34-12-18-37(83)19-13-34)77-59(95)46(29-49(68)87)79-55(91)40(9-7-23-71-63(69)70)74-58(94)45(28-48(67)86)75-53(89)39(65)8-5-6-22-64/h10-21,31-32,39-46,51-52,82-84H,5-9,22-30,64-65H2,1-4H3,(H2,66,85)(H2,67,86)(H2,68,87)(H,72,90)(H,73,88)(H,74,94)(H,75,89)(H,76,92)(H,77,95)(H,78,93)(H,79,91)(H,80,96)(H,81,97)(H,98,99)(H4,69,70,71)/t39-,40-,41-,42-,43-,44-,45-,46-,51-,52-/m0/s1. The topological polar surface area (TPSA) is 635 Å². The van der Waals surface area contributed by atoms with Crippen LogP contribution in [0.15, 0.2) is 77.8 Å². The lowest BCUT2D eigenvalue weighted by molar-refractivity contribution is -0.144. The maximum atomic E-state index is 14.7. The summed E-state index contributed by atoms with van der Waals surface area (Å²) >= 11 is 0. The van der Waals surface area contributed by atoms with Crippen LogP contribution in [0.5, 0.6) is 17.2 Å². The van der Waals surface area contributed by atoms with Gasteiger partial charge in [0, 0.05) is 25.8 Å². The van der Waals surface area contributed by atoms with E-state index in [4.69, 9.17) is 40.1 Å². The fourth-order valence-electron chi connectivity index (χ4n) is 9.60. The molecule has 36 heteroatoms. The van der Waals surface area contributed by atoms with Crippen molar-refractivity contribution >= 4 is 88.7 Å². The average Bonchev–Trinajstić information content (AvgIpc) is 0.858. The molecule has 0 heterocycles. The van der Waals surface area contributed by atoms with Gasteiger partial charge in [-0.05, 0) is 97.2 Å². The number of carboxylic acids is 1. The molecule has 0 unspecified atom stereocenters. The van der Waals surface area contributed by atoms with Gasteiger partial charge in [-0.15, -0.1) is 0 Å². The molecule has 13 amide bonds. The Morgan fingerprint density at radius 3 is 1.13 bits per heavy atom. The summed E-state index contributed by atoms with van der Waals surface area (Å²) in [5, 5.41) is 63.9. The Hall–Kier alpha value is -11.2. The number of amides is 13. The number of nitrogens with two attached hydrogens (primary N) is 7. The number of guanidine groups is 1. The largest absolute Gasteiger partial charge is 0.508 e. The molecular formula is C63H92N18O18. The number of phenolic OH excluding ortho intramolecular Hbond substituents is 3. The highest BCUT2D eigenvalue weighted by molar-refractivity contribution is 6.00. The predicted octanol–water partition coefficient (Wildman–Crippen LogP) is -6.16. The molecule has 542 valence electrons. The van der Waals surface area contributed by atoms with Gasteiger partial charge in [0.05, 0.1) is 31.8 Å². The number of nitrogens with zero attached hydrogens (tertiary/aromatic N) is 1. The molecule has 10 atom stereocenters. The number of benzene rings is 3. The van der Waals surface area contributed by atoms with Crippen LogP contribution >= 0.6 is 0 Å².